The summed E-state index contributed by atoms with van der Waals surface area (Å²) < 4.78 is 26.5. The standard InChI is InChI=1S/C12H18N2O2S3/c15-19(16,14-3-5-17-6-4-14)12-7-11(18-9-12)8-13-10-1-2-10/h7,9-10,13H,1-6,8H2. The fraction of sp³-hybridized carbons (Fsp3) is 0.667. The Morgan fingerprint density at radius 2 is 2.05 bits per heavy atom. The zero-order valence-corrected chi connectivity index (χ0v) is 13.1. The highest BCUT2D eigenvalue weighted by Crippen LogP contribution is 2.26. The maximum absolute atomic E-state index is 12.5. The summed E-state index contributed by atoms with van der Waals surface area (Å²) in [6.07, 6.45) is 2.50. The van der Waals surface area contributed by atoms with Gasteiger partial charge in [-0.25, -0.2) is 8.42 Å². The minimum atomic E-state index is -3.26. The number of nitrogens with one attached hydrogen (secondary N) is 1. The lowest BCUT2D eigenvalue weighted by atomic mass is 10.4. The van der Waals surface area contributed by atoms with Crippen LogP contribution in [0.1, 0.15) is 17.7 Å². The molecule has 1 aromatic rings. The van der Waals surface area contributed by atoms with Gasteiger partial charge in [0.15, 0.2) is 0 Å². The summed E-state index contributed by atoms with van der Waals surface area (Å²) in [5.74, 6) is 1.80. The molecule has 7 heteroatoms. The normalized spacial score (nSPS) is 21.7. The van der Waals surface area contributed by atoms with Gasteiger partial charge in [0.05, 0.1) is 4.90 Å². The molecule has 2 heterocycles. The van der Waals surface area contributed by atoms with Gasteiger partial charge in [0.25, 0.3) is 0 Å². The first-order chi connectivity index (χ1) is 9.16. The van der Waals surface area contributed by atoms with Gasteiger partial charge in [-0.1, -0.05) is 0 Å². The van der Waals surface area contributed by atoms with Crippen molar-refractivity contribution in [2.75, 3.05) is 24.6 Å². The summed E-state index contributed by atoms with van der Waals surface area (Å²) in [6, 6.07) is 2.48. The molecule has 19 heavy (non-hydrogen) atoms. The molecular weight excluding hydrogens is 300 g/mol. The van der Waals surface area contributed by atoms with Gasteiger partial charge in [0.1, 0.15) is 0 Å². The Kier molecular flexibility index (Phi) is 4.19. The predicted octanol–water partition coefficient (Wildman–Crippen LogP) is 1.74. The Morgan fingerprint density at radius 3 is 2.74 bits per heavy atom. The summed E-state index contributed by atoms with van der Waals surface area (Å²) >= 11 is 3.36. The SMILES string of the molecule is O=S(=O)(c1csc(CNC2CC2)c1)N1CCSCC1. The summed E-state index contributed by atoms with van der Waals surface area (Å²) in [4.78, 5) is 1.58. The zero-order valence-electron chi connectivity index (χ0n) is 10.7. The van der Waals surface area contributed by atoms with Crippen molar-refractivity contribution < 1.29 is 8.42 Å². The summed E-state index contributed by atoms with van der Waals surface area (Å²) in [7, 11) is -3.26. The van der Waals surface area contributed by atoms with E-state index in [4.69, 9.17) is 0 Å². The Balaban J connectivity index is 1.69. The number of thioether (sulfide) groups is 1. The van der Waals surface area contributed by atoms with Crippen molar-refractivity contribution in [3.63, 3.8) is 0 Å². The third-order valence-electron chi connectivity index (χ3n) is 3.38. The van der Waals surface area contributed by atoms with Gasteiger partial charge < -0.3 is 5.32 Å². The van der Waals surface area contributed by atoms with E-state index in [-0.39, 0.29) is 0 Å². The lowest BCUT2D eigenvalue weighted by Gasteiger charge is -2.25. The van der Waals surface area contributed by atoms with Crippen LogP contribution in [0.5, 0.6) is 0 Å². The second-order valence-electron chi connectivity index (χ2n) is 4.92. The second kappa shape index (κ2) is 5.73. The van der Waals surface area contributed by atoms with Crippen LogP contribution >= 0.6 is 23.1 Å². The third kappa shape index (κ3) is 3.33. The molecule has 2 aliphatic rings. The van der Waals surface area contributed by atoms with Crippen LogP contribution in [0.2, 0.25) is 0 Å². The molecule has 0 bridgehead atoms. The van der Waals surface area contributed by atoms with E-state index in [1.165, 1.54) is 24.2 Å². The van der Waals surface area contributed by atoms with E-state index in [1.54, 1.807) is 9.69 Å². The van der Waals surface area contributed by atoms with Crippen molar-refractivity contribution in [1.82, 2.24) is 9.62 Å². The zero-order chi connectivity index (χ0) is 13.3. The van der Waals surface area contributed by atoms with E-state index in [0.717, 1.165) is 22.9 Å². The number of sulfonamides is 1. The van der Waals surface area contributed by atoms with Crippen LogP contribution < -0.4 is 5.32 Å². The van der Waals surface area contributed by atoms with E-state index < -0.39 is 10.0 Å². The average molecular weight is 318 g/mol. The summed E-state index contributed by atoms with van der Waals surface area (Å²) in [5, 5.41) is 5.19. The first-order valence-electron chi connectivity index (χ1n) is 6.55. The molecule has 0 unspecified atom stereocenters. The van der Waals surface area contributed by atoms with Crippen molar-refractivity contribution in [2.24, 2.45) is 0 Å². The number of thiophene rings is 1. The molecule has 1 saturated heterocycles. The quantitative estimate of drug-likeness (QED) is 0.898. The maximum Gasteiger partial charge on any atom is 0.243 e. The Hall–Kier alpha value is -0.0800. The van der Waals surface area contributed by atoms with E-state index in [9.17, 15) is 8.42 Å². The van der Waals surface area contributed by atoms with Gasteiger partial charge >= 0.3 is 0 Å². The highest BCUT2D eigenvalue weighted by Gasteiger charge is 2.27. The molecule has 106 valence electrons. The van der Waals surface area contributed by atoms with Crippen molar-refractivity contribution in [2.45, 2.75) is 30.3 Å². The summed E-state index contributed by atoms with van der Waals surface area (Å²) in [6.45, 7) is 2.07. The topological polar surface area (TPSA) is 49.4 Å². The minimum absolute atomic E-state index is 0.469. The molecular formula is C12H18N2O2S3. The molecule has 4 nitrogen and oxygen atoms in total. The van der Waals surface area contributed by atoms with E-state index >= 15 is 0 Å². The van der Waals surface area contributed by atoms with Crippen LogP contribution in [0.25, 0.3) is 0 Å². The van der Waals surface area contributed by atoms with Gasteiger partial charge in [-0.3, -0.25) is 0 Å². The lowest BCUT2D eigenvalue weighted by molar-refractivity contribution is 0.444. The fourth-order valence-electron chi connectivity index (χ4n) is 2.06. The van der Waals surface area contributed by atoms with Crippen molar-refractivity contribution in [3.05, 3.63) is 16.3 Å². The first kappa shape index (κ1) is 13.9. The van der Waals surface area contributed by atoms with Crippen molar-refractivity contribution in [3.8, 4) is 0 Å². The number of hydrogen-bond acceptors (Lipinski definition) is 5. The van der Waals surface area contributed by atoms with Gasteiger partial charge in [-0.2, -0.15) is 16.1 Å². The number of rotatable bonds is 5. The lowest BCUT2D eigenvalue weighted by Crippen LogP contribution is -2.37. The Labute approximate surface area is 122 Å². The van der Waals surface area contributed by atoms with Crippen molar-refractivity contribution in [1.29, 1.82) is 0 Å². The maximum atomic E-state index is 12.5. The van der Waals surface area contributed by atoms with Gasteiger partial charge in [-0.05, 0) is 18.9 Å². The average Bonchev–Trinajstić information content (AvgIpc) is 3.13. The van der Waals surface area contributed by atoms with Crippen molar-refractivity contribution >= 4 is 33.1 Å². The predicted molar refractivity (Wildman–Crippen MR) is 80.3 cm³/mol. The van der Waals surface area contributed by atoms with Crippen LogP contribution in [0.4, 0.5) is 0 Å². The molecule has 1 aliphatic heterocycles. The largest absolute Gasteiger partial charge is 0.309 e. The molecule has 1 N–H and O–H groups in total. The van der Waals surface area contributed by atoms with Gasteiger partial charge in [0, 0.05) is 47.4 Å². The van der Waals surface area contributed by atoms with Gasteiger partial charge in [0.2, 0.25) is 10.0 Å². The number of hydrogen-bond donors (Lipinski definition) is 1. The smallest absolute Gasteiger partial charge is 0.243 e. The van der Waals surface area contributed by atoms with E-state index in [2.05, 4.69) is 5.32 Å². The van der Waals surface area contributed by atoms with Crippen LogP contribution in [0.15, 0.2) is 16.3 Å². The molecule has 1 aliphatic carbocycles. The summed E-state index contributed by atoms with van der Waals surface area (Å²) in [5.41, 5.74) is 0. The first-order valence-corrected chi connectivity index (χ1v) is 10.0. The Bertz CT molecular complexity index is 531. The molecule has 3 rings (SSSR count). The molecule has 2 fully saturated rings. The molecule has 0 amide bonds. The third-order valence-corrected chi connectivity index (χ3v) is 7.28. The molecule has 0 aromatic carbocycles. The molecule has 1 saturated carbocycles. The van der Waals surface area contributed by atoms with Gasteiger partial charge in [-0.15, -0.1) is 11.3 Å². The molecule has 1 aromatic heterocycles. The number of nitrogens with zero attached hydrogens (tertiary/aromatic N) is 1. The van der Waals surface area contributed by atoms with Crippen LogP contribution in [-0.2, 0) is 16.6 Å². The van der Waals surface area contributed by atoms with E-state index in [1.807, 2.05) is 17.8 Å². The van der Waals surface area contributed by atoms with E-state index in [0.29, 0.717) is 24.0 Å². The highest BCUT2D eigenvalue weighted by atomic mass is 32.2. The monoisotopic (exact) mass is 318 g/mol. The van der Waals surface area contributed by atoms with Crippen LogP contribution in [0, 0.1) is 0 Å². The second-order valence-corrected chi connectivity index (χ2v) is 9.08. The minimum Gasteiger partial charge on any atom is -0.309 e. The molecule has 0 spiro atoms. The molecule has 0 radical (unpaired) electrons. The van der Waals surface area contributed by atoms with Crippen LogP contribution in [0.3, 0.4) is 0 Å². The highest BCUT2D eigenvalue weighted by molar-refractivity contribution is 7.99. The molecule has 0 atom stereocenters. The van der Waals surface area contributed by atoms with Crippen LogP contribution in [-0.4, -0.2) is 43.4 Å². The fourth-order valence-corrected chi connectivity index (χ4v) is 5.85. The Morgan fingerprint density at radius 1 is 1.32 bits per heavy atom.